The minimum Gasteiger partial charge on any atom is -0.477 e. The van der Waals surface area contributed by atoms with Crippen molar-refractivity contribution in [3.8, 4) is 34.9 Å². The summed E-state index contributed by atoms with van der Waals surface area (Å²) in [4.78, 5) is 8.53. The van der Waals surface area contributed by atoms with Crippen LogP contribution in [0.25, 0.3) is 23.2 Å². The van der Waals surface area contributed by atoms with Crippen LogP contribution in [0.5, 0.6) is 11.8 Å². The van der Waals surface area contributed by atoms with E-state index in [0.717, 1.165) is 0 Å². The fourth-order valence-corrected chi connectivity index (χ4v) is 6.26. The monoisotopic (exact) mass is 832 g/mol. The van der Waals surface area contributed by atoms with Crippen LogP contribution in [0.15, 0.2) is 63.5 Å². The number of pyridine rings is 2. The van der Waals surface area contributed by atoms with Crippen molar-refractivity contribution in [1.82, 2.24) is 30.4 Å². The van der Waals surface area contributed by atoms with E-state index < -0.39 is 48.2 Å². The van der Waals surface area contributed by atoms with Crippen molar-refractivity contribution >= 4 is 11.4 Å². The predicted molar refractivity (Wildman–Crippen MR) is 199 cm³/mol. The highest BCUT2D eigenvalue weighted by Gasteiger charge is 2.61. The van der Waals surface area contributed by atoms with Gasteiger partial charge in [-0.1, -0.05) is 55.3 Å². The number of nitrogens with zero attached hydrogens (tertiary/aromatic N) is 6. The first-order chi connectivity index (χ1) is 28.0. The zero-order chi connectivity index (χ0) is 42.4. The number of aliphatic hydroxyl groups is 1. The SMILES string of the molecule is Cc1cc(N)c2nc1OCCCC=CCC(OCc1ccccc1)(C(F)(F)F)c1nnc-2o1.Cc1cc(N)c2nc1OCCCCCCC(O)(C(F)(F)F)c1nnc-2o1. The average molecular weight is 833 g/mol. The van der Waals surface area contributed by atoms with Crippen molar-refractivity contribution in [3.63, 3.8) is 0 Å². The van der Waals surface area contributed by atoms with E-state index in [0.29, 0.717) is 73.8 Å². The molecule has 2 atom stereocenters. The van der Waals surface area contributed by atoms with Crippen LogP contribution in [0.3, 0.4) is 0 Å². The first kappa shape index (κ1) is 42.8. The molecule has 0 saturated heterocycles. The molecule has 0 radical (unpaired) electrons. The van der Waals surface area contributed by atoms with Crippen LogP contribution >= 0.6 is 0 Å². The quantitative estimate of drug-likeness (QED) is 0.116. The van der Waals surface area contributed by atoms with Crippen molar-refractivity contribution in [2.24, 2.45) is 0 Å². The van der Waals surface area contributed by atoms with Crippen LogP contribution in [0.4, 0.5) is 37.7 Å². The maximum atomic E-state index is 14.5. The molecule has 2 aliphatic rings. The number of aromatic nitrogens is 6. The molecule has 6 heterocycles. The lowest BCUT2D eigenvalue weighted by Gasteiger charge is -2.31. The number of ether oxygens (including phenoxy) is 3. The molecular weight excluding hydrogens is 790 g/mol. The molecule has 2 unspecified atom stereocenters. The van der Waals surface area contributed by atoms with Gasteiger partial charge in [-0.2, -0.15) is 26.3 Å². The van der Waals surface area contributed by atoms with E-state index in [4.69, 9.17) is 34.5 Å². The number of benzene rings is 1. The molecule has 0 saturated carbocycles. The lowest BCUT2D eigenvalue weighted by molar-refractivity contribution is -0.295. The summed E-state index contributed by atoms with van der Waals surface area (Å²) < 4.78 is 112. The van der Waals surface area contributed by atoms with Crippen molar-refractivity contribution in [2.75, 3.05) is 24.7 Å². The summed E-state index contributed by atoms with van der Waals surface area (Å²) in [6.45, 7) is 3.94. The molecule has 5 N–H and O–H groups in total. The molecule has 0 aliphatic carbocycles. The van der Waals surface area contributed by atoms with Crippen molar-refractivity contribution in [2.45, 2.75) is 95.4 Å². The summed E-state index contributed by atoms with van der Waals surface area (Å²) in [5.41, 5.74) is 8.27. The Morgan fingerprint density at radius 1 is 0.712 bits per heavy atom. The molecule has 4 aromatic heterocycles. The number of nitrogen functional groups attached to an aromatic ring is 2. The van der Waals surface area contributed by atoms with E-state index in [2.05, 4.69) is 30.4 Å². The lowest BCUT2D eigenvalue weighted by Crippen LogP contribution is -2.45. The zero-order valence-corrected chi connectivity index (χ0v) is 32.1. The van der Waals surface area contributed by atoms with Gasteiger partial charge in [-0.05, 0) is 63.6 Å². The highest BCUT2D eigenvalue weighted by Crippen LogP contribution is 2.47. The van der Waals surface area contributed by atoms with Gasteiger partial charge in [0.05, 0.1) is 31.2 Å². The van der Waals surface area contributed by atoms with Crippen LogP contribution in [0, 0.1) is 13.8 Å². The van der Waals surface area contributed by atoms with Crippen molar-refractivity contribution < 1.29 is 54.5 Å². The Morgan fingerprint density at radius 2 is 1.27 bits per heavy atom. The highest BCUT2D eigenvalue weighted by molar-refractivity contribution is 5.68. The van der Waals surface area contributed by atoms with Gasteiger partial charge in [-0.15, -0.1) is 20.4 Å². The first-order valence-electron chi connectivity index (χ1n) is 18.7. The summed E-state index contributed by atoms with van der Waals surface area (Å²) in [5.74, 6) is -1.57. The highest BCUT2D eigenvalue weighted by atomic mass is 19.4. The van der Waals surface area contributed by atoms with Gasteiger partial charge in [0, 0.05) is 17.5 Å². The minimum atomic E-state index is -4.95. The third-order valence-electron chi connectivity index (χ3n) is 9.60. The maximum Gasteiger partial charge on any atom is 0.426 e. The molecule has 2 aliphatic heterocycles. The van der Waals surface area contributed by atoms with Crippen LogP contribution in [0.2, 0.25) is 0 Å². The van der Waals surface area contributed by atoms with Crippen LogP contribution in [-0.4, -0.2) is 61.0 Å². The van der Waals surface area contributed by atoms with Gasteiger partial charge in [-0.3, -0.25) is 0 Å². The third-order valence-corrected chi connectivity index (χ3v) is 9.60. The molecule has 0 amide bonds. The summed E-state index contributed by atoms with van der Waals surface area (Å²) in [7, 11) is 0. The largest absolute Gasteiger partial charge is 0.477 e. The summed E-state index contributed by atoms with van der Waals surface area (Å²) in [6, 6.07) is 11.8. The minimum absolute atomic E-state index is 0.0194. The maximum absolute atomic E-state index is 14.5. The molecular formula is C39H42F6N8O6. The van der Waals surface area contributed by atoms with Crippen LogP contribution < -0.4 is 20.9 Å². The number of hydrogen-bond donors (Lipinski definition) is 3. The lowest BCUT2D eigenvalue weighted by atomic mass is 9.95. The topological polar surface area (TPSA) is 204 Å². The first-order valence-corrected chi connectivity index (χ1v) is 18.7. The number of halogens is 6. The molecule has 0 fully saturated rings. The molecule has 5 aromatic rings. The van der Waals surface area contributed by atoms with Gasteiger partial charge in [0.15, 0.2) is 11.4 Å². The van der Waals surface area contributed by atoms with E-state index in [-0.39, 0.29) is 47.6 Å². The van der Waals surface area contributed by atoms with Gasteiger partial charge in [0.25, 0.3) is 23.6 Å². The third kappa shape index (κ3) is 9.43. The van der Waals surface area contributed by atoms with Crippen molar-refractivity contribution in [1.29, 1.82) is 0 Å². The van der Waals surface area contributed by atoms with E-state index in [9.17, 15) is 31.4 Å². The fraction of sp³-hybridized carbons (Fsp3) is 0.436. The number of anilines is 2. The number of nitrogens with two attached hydrogens (primary N) is 2. The van der Waals surface area contributed by atoms with E-state index in [1.165, 1.54) is 6.08 Å². The number of fused-ring (bicyclic) bond motifs is 10. The molecule has 1 aromatic carbocycles. The molecule has 8 bridgehead atoms. The smallest absolute Gasteiger partial charge is 0.426 e. The van der Waals surface area contributed by atoms with E-state index in [1.54, 1.807) is 62.4 Å². The second-order valence-corrected chi connectivity index (χ2v) is 14.1. The number of alkyl halides is 6. The number of hydrogen-bond acceptors (Lipinski definition) is 14. The number of rotatable bonds is 3. The van der Waals surface area contributed by atoms with Gasteiger partial charge >= 0.3 is 12.4 Å². The Hall–Kier alpha value is -5.76. The summed E-state index contributed by atoms with van der Waals surface area (Å²) >= 11 is 0. The van der Waals surface area contributed by atoms with Gasteiger partial charge in [-0.25, -0.2) is 9.97 Å². The second kappa shape index (κ2) is 17.6. The number of allylic oxidation sites excluding steroid dienone is 1. The Labute approximate surface area is 334 Å². The average Bonchev–Trinajstić information content (AvgIpc) is 3.88. The van der Waals surface area contributed by atoms with Crippen LogP contribution in [-0.2, 0) is 22.5 Å². The van der Waals surface area contributed by atoms with Gasteiger partial charge < -0.3 is 39.6 Å². The zero-order valence-electron chi connectivity index (χ0n) is 32.1. The molecule has 14 nitrogen and oxygen atoms in total. The van der Waals surface area contributed by atoms with Crippen molar-refractivity contribution in [3.05, 3.63) is 83.1 Å². The standard InChI is InChI=1S/C23H23F3N4O3.C16H19F3N4O3/c1-15-13-17(27)18-20-29-30-21(33-20)22(23(24,25)26,32-14-16-9-5-4-6-10-16)11-7-2-3-8-12-31-19(15)28-18;1-9-8-10(20)11-13-22-23-14(26-13)15(24,16(17,18)19)6-4-2-3-5-7-25-12(9)21-11/h2,4-7,9-10,13H,3,8,11-12,14,27H2,1H3;8,24H,2-7,20H2,1H3. The van der Waals surface area contributed by atoms with Gasteiger partial charge in [0.2, 0.25) is 23.0 Å². The van der Waals surface area contributed by atoms with Gasteiger partial charge in [0.1, 0.15) is 0 Å². The van der Waals surface area contributed by atoms with E-state index in [1.807, 2.05) is 0 Å². The Bertz CT molecular complexity index is 2230. The predicted octanol–water partition coefficient (Wildman–Crippen LogP) is 8.23. The Balaban J connectivity index is 0.000000204. The Kier molecular flexibility index (Phi) is 12.8. The summed E-state index contributed by atoms with van der Waals surface area (Å²) in [5, 5.41) is 24.8. The van der Waals surface area contributed by atoms with E-state index >= 15 is 0 Å². The normalized spacial score (nSPS) is 20.2. The fourth-order valence-electron chi connectivity index (χ4n) is 6.26. The Morgan fingerprint density at radius 3 is 1.86 bits per heavy atom. The molecule has 59 heavy (non-hydrogen) atoms. The second-order valence-electron chi connectivity index (χ2n) is 14.1. The summed E-state index contributed by atoms with van der Waals surface area (Å²) in [6.07, 6.45) is -4.73. The number of aryl methyl sites for hydroxylation is 2. The molecule has 316 valence electrons. The molecule has 7 rings (SSSR count). The molecule has 0 spiro atoms. The molecule has 20 heteroatoms. The van der Waals surface area contributed by atoms with Crippen LogP contribution in [0.1, 0.15) is 79.8 Å².